The Balaban J connectivity index is 1.38. The number of methoxy groups -OCH3 is 1. The van der Waals surface area contributed by atoms with E-state index < -0.39 is 85.9 Å². The van der Waals surface area contributed by atoms with Gasteiger partial charge in [0.1, 0.15) is 29.5 Å². The molecular formula is C42H56F3N5O10S. The molecule has 7 atom stereocenters. The van der Waals surface area contributed by atoms with E-state index in [0.29, 0.717) is 62.5 Å². The molecule has 2 aliphatic carbocycles. The maximum absolute atomic E-state index is 14.9. The van der Waals surface area contributed by atoms with Crippen LogP contribution in [0.3, 0.4) is 0 Å². The summed E-state index contributed by atoms with van der Waals surface area (Å²) in [5.41, 5.74) is -4.56. The standard InChI is InChI=1S/C42H56F3N5O10S/c1-23(2)58-32-19-26-18-28(57-8)13-14-30(26)35(46-32)59-29-20-31-34(51)48-41(37(53)49-61(55,56)40(7)15-16-40)21-27(41)12-10-9-11-24(3)17-25(4)33(36(52)50(31)22-29)47-38(54)60-39(5,6)42(43,44)45/h10,12-14,18-19,23-25,27,29,31,33H,9,11,15-17,20-22H2,1-8H3,(H,47,54)(H,48,51)(H,49,53). The number of ether oxygens (including phenoxy) is 4. The highest BCUT2D eigenvalue weighted by Gasteiger charge is 2.63. The second-order valence-electron chi connectivity index (χ2n) is 18.0. The van der Waals surface area contributed by atoms with Crippen molar-refractivity contribution in [3.63, 3.8) is 0 Å². The molecule has 1 saturated heterocycles. The first kappa shape index (κ1) is 45.7. The summed E-state index contributed by atoms with van der Waals surface area (Å²) in [5, 5.41) is 6.41. The Labute approximate surface area is 353 Å². The lowest BCUT2D eigenvalue weighted by Crippen LogP contribution is -2.59. The van der Waals surface area contributed by atoms with Crippen LogP contribution in [0.15, 0.2) is 36.4 Å². The van der Waals surface area contributed by atoms with Gasteiger partial charge in [-0.2, -0.15) is 18.2 Å². The monoisotopic (exact) mass is 879 g/mol. The lowest BCUT2D eigenvalue weighted by atomic mass is 9.88. The van der Waals surface area contributed by atoms with E-state index >= 15 is 0 Å². The Hall–Kier alpha value is -4.81. The van der Waals surface area contributed by atoms with Gasteiger partial charge in [0.05, 0.1) is 24.5 Å². The molecule has 2 saturated carbocycles. The van der Waals surface area contributed by atoms with E-state index in [2.05, 4.69) is 20.3 Å². The summed E-state index contributed by atoms with van der Waals surface area (Å²) in [6.07, 6.45) is -1.77. The van der Waals surface area contributed by atoms with Crippen LogP contribution in [-0.2, 0) is 29.1 Å². The van der Waals surface area contributed by atoms with E-state index in [1.54, 1.807) is 37.3 Å². The van der Waals surface area contributed by atoms with Crippen molar-refractivity contribution < 1.29 is 59.7 Å². The molecule has 3 heterocycles. The molecule has 6 rings (SSSR count). The predicted molar refractivity (Wildman–Crippen MR) is 217 cm³/mol. The lowest BCUT2D eigenvalue weighted by Gasteiger charge is -2.34. The summed E-state index contributed by atoms with van der Waals surface area (Å²) in [6.45, 7) is 9.94. The average molecular weight is 880 g/mol. The normalized spacial score (nSPS) is 28.1. The van der Waals surface area contributed by atoms with Crippen LogP contribution >= 0.6 is 0 Å². The van der Waals surface area contributed by atoms with Crippen molar-refractivity contribution in [2.75, 3.05) is 13.7 Å². The molecule has 0 bridgehead atoms. The van der Waals surface area contributed by atoms with Crippen molar-refractivity contribution in [3.05, 3.63) is 36.4 Å². The summed E-state index contributed by atoms with van der Waals surface area (Å²) in [4.78, 5) is 62.5. The molecule has 15 nitrogen and oxygen atoms in total. The molecular weight excluding hydrogens is 824 g/mol. The number of pyridine rings is 1. The largest absolute Gasteiger partial charge is 0.497 e. The molecule has 0 radical (unpaired) electrons. The molecule has 3 N–H and O–H groups in total. The number of nitrogens with zero attached hydrogens (tertiary/aromatic N) is 2. The third kappa shape index (κ3) is 9.81. The molecule has 0 spiro atoms. The number of sulfonamides is 1. The van der Waals surface area contributed by atoms with Crippen molar-refractivity contribution >= 4 is 44.6 Å². The van der Waals surface area contributed by atoms with E-state index in [1.165, 1.54) is 18.9 Å². The molecule has 1 aromatic heterocycles. The molecule has 19 heteroatoms. The van der Waals surface area contributed by atoms with Crippen molar-refractivity contribution in [1.29, 1.82) is 0 Å². The zero-order valence-electron chi connectivity index (χ0n) is 35.7. The van der Waals surface area contributed by atoms with Crippen LogP contribution < -0.4 is 29.6 Å². The summed E-state index contributed by atoms with van der Waals surface area (Å²) in [6, 6.07) is 4.11. The molecule has 1 aromatic carbocycles. The molecule has 61 heavy (non-hydrogen) atoms. The quantitative estimate of drug-likeness (QED) is 0.248. The maximum Gasteiger partial charge on any atom is 0.427 e. The van der Waals surface area contributed by atoms with Crippen molar-refractivity contribution in [2.24, 2.45) is 17.8 Å². The zero-order valence-corrected chi connectivity index (χ0v) is 36.5. The topological polar surface area (TPSA) is 192 Å². The van der Waals surface area contributed by atoms with Crippen molar-refractivity contribution in [3.8, 4) is 17.5 Å². The fourth-order valence-electron chi connectivity index (χ4n) is 7.90. The van der Waals surface area contributed by atoms with Crippen molar-refractivity contribution in [2.45, 2.75) is 140 Å². The highest BCUT2D eigenvalue weighted by atomic mass is 32.2. The van der Waals surface area contributed by atoms with Crippen molar-refractivity contribution in [1.82, 2.24) is 25.2 Å². The minimum Gasteiger partial charge on any atom is -0.497 e. The van der Waals surface area contributed by atoms with Crippen LogP contribution in [0.2, 0.25) is 0 Å². The van der Waals surface area contributed by atoms with Crippen LogP contribution in [-0.4, -0.2) is 102 Å². The number of allylic oxidation sites excluding steroid dienone is 1. The Morgan fingerprint density at radius 3 is 2.43 bits per heavy atom. The van der Waals surface area contributed by atoms with Crippen LogP contribution in [0, 0.1) is 17.8 Å². The van der Waals surface area contributed by atoms with Gasteiger partial charge in [-0.25, -0.2) is 13.2 Å². The average Bonchev–Trinajstić information content (AvgIpc) is 4.04. The number of carbonyl (C=O) groups excluding carboxylic acids is 4. The van der Waals surface area contributed by atoms with Gasteiger partial charge in [0.2, 0.25) is 39.2 Å². The number of hydrogen-bond donors (Lipinski definition) is 3. The Morgan fingerprint density at radius 2 is 1.79 bits per heavy atom. The highest BCUT2D eigenvalue weighted by molar-refractivity contribution is 7.91. The number of hydrogen-bond acceptors (Lipinski definition) is 11. The predicted octanol–water partition coefficient (Wildman–Crippen LogP) is 5.70. The van der Waals surface area contributed by atoms with Gasteiger partial charge in [-0.15, -0.1) is 0 Å². The second-order valence-corrected chi connectivity index (χ2v) is 20.2. The highest BCUT2D eigenvalue weighted by Crippen LogP contribution is 2.48. The number of fused-ring (bicyclic) bond motifs is 3. The minimum absolute atomic E-state index is 0.0512. The molecule has 4 amide bonds. The van der Waals surface area contributed by atoms with Gasteiger partial charge in [-0.3, -0.25) is 19.1 Å². The first-order chi connectivity index (χ1) is 28.4. The number of halogens is 3. The van der Waals surface area contributed by atoms with E-state index in [9.17, 15) is 40.8 Å². The van der Waals surface area contributed by atoms with Gasteiger partial charge < -0.3 is 34.5 Å². The minimum atomic E-state index is -4.92. The molecule has 2 aliphatic heterocycles. The Kier molecular flexibility index (Phi) is 12.6. The van der Waals surface area contributed by atoms with Crippen LogP contribution in [0.5, 0.6) is 17.5 Å². The van der Waals surface area contributed by atoms with Gasteiger partial charge in [-0.05, 0) is 109 Å². The summed E-state index contributed by atoms with van der Waals surface area (Å²) in [5.74, 6) is -2.86. The van der Waals surface area contributed by atoms with E-state index in [0.717, 1.165) is 0 Å². The number of aromatic nitrogens is 1. The SMILES string of the molecule is COc1ccc2c(OC3CC4C(=O)NC5(C(=O)NS(=O)(=O)C6(C)CC6)CC5C=CCCC(C)CC(C)C(NC(=O)OC(C)(C)C(F)(F)F)C(=O)N4C3)nc(OC(C)C)cc2c1. The van der Waals surface area contributed by atoms with Gasteiger partial charge in [0, 0.05) is 23.8 Å². The van der Waals surface area contributed by atoms with Crippen LogP contribution in [0.1, 0.15) is 93.4 Å². The van der Waals surface area contributed by atoms with E-state index in [4.69, 9.17) is 18.9 Å². The fraction of sp³-hybridized carbons (Fsp3) is 0.643. The Bertz CT molecular complexity index is 2180. The number of nitrogens with one attached hydrogen (secondary N) is 3. The number of alkyl halides is 3. The number of rotatable bonds is 10. The molecule has 4 aliphatic rings. The smallest absolute Gasteiger partial charge is 0.427 e. The summed E-state index contributed by atoms with van der Waals surface area (Å²) in [7, 11) is -2.57. The number of amides is 4. The van der Waals surface area contributed by atoms with E-state index in [-0.39, 0.29) is 43.2 Å². The summed E-state index contributed by atoms with van der Waals surface area (Å²) < 4.78 is 91.6. The van der Waals surface area contributed by atoms with Crippen LogP contribution in [0.4, 0.5) is 18.0 Å². The fourth-order valence-corrected chi connectivity index (χ4v) is 9.21. The maximum atomic E-state index is 14.9. The second kappa shape index (κ2) is 16.8. The number of benzene rings is 1. The zero-order chi connectivity index (χ0) is 44.9. The summed E-state index contributed by atoms with van der Waals surface area (Å²) >= 11 is 0. The van der Waals surface area contributed by atoms with Gasteiger partial charge in [0.25, 0.3) is 5.91 Å². The molecule has 7 unspecified atom stereocenters. The molecule has 3 fully saturated rings. The third-order valence-electron chi connectivity index (χ3n) is 12.2. The molecule has 2 aromatic rings. The Morgan fingerprint density at radius 1 is 1.08 bits per heavy atom. The number of carbonyl (C=O) groups is 4. The van der Waals surface area contributed by atoms with Crippen LogP contribution in [0.25, 0.3) is 10.8 Å². The third-order valence-corrected chi connectivity index (χ3v) is 14.3. The first-order valence-electron chi connectivity index (χ1n) is 20.6. The lowest BCUT2D eigenvalue weighted by molar-refractivity contribution is -0.244. The first-order valence-corrected chi connectivity index (χ1v) is 22.1. The van der Waals surface area contributed by atoms with Gasteiger partial charge in [-0.1, -0.05) is 26.0 Å². The van der Waals surface area contributed by atoms with E-state index in [1.807, 2.05) is 26.8 Å². The number of alkyl carbamates (subject to hydrolysis) is 1. The molecule has 336 valence electrons. The van der Waals surface area contributed by atoms with Gasteiger partial charge in [0.15, 0.2) is 0 Å². The van der Waals surface area contributed by atoms with Gasteiger partial charge >= 0.3 is 12.3 Å².